The molecule has 0 radical (unpaired) electrons. The second-order valence-electron chi connectivity index (χ2n) is 7.00. The average molecular weight is 347 g/mol. The maximum atomic E-state index is 12.3. The normalized spacial score (nSPS) is 27.5. The molecule has 2 aliphatic rings. The molecular formula is C19H23ClN2O2. The number of fused-ring (bicyclic) bond motifs is 1. The van der Waals surface area contributed by atoms with Gasteiger partial charge in [-0.15, -0.1) is 0 Å². The Morgan fingerprint density at radius 1 is 1.25 bits per heavy atom. The van der Waals surface area contributed by atoms with Crippen molar-refractivity contribution in [2.75, 3.05) is 6.61 Å². The van der Waals surface area contributed by atoms with Gasteiger partial charge in [0.25, 0.3) is 0 Å². The van der Waals surface area contributed by atoms with Gasteiger partial charge in [-0.3, -0.25) is 4.79 Å². The molecule has 1 aliphatic carbocycles. The highest BCUT2D eigenvalue weighted by atomic mass is 35.5. The number of ether oxygens (including phenoxy) is 1. The zero-order chi connectivity index (χ0) is 16.5. The lowest BCUT2D eigenvalue weighted by molar-refractivity contribution is -0.131. The van der Waals surface area contributed by atoms with Gasteiger partial charge in [0.05, 0.1) is 0 Å². The third-order valence-corrected chi connectivity index (χ3v) is 5.59. The first kappa shape index (κ1) is 16.0. The Balaban J connectivity index is 1.47. The third kappa shape index (κ3) is 3.17. The number of hydrogen-bond acceptors (Lipinski definition) is 2. The van der Waals surface area contributed by atoms with E-state index in [1.807, 2.05) is 18.2 Å². The van der Waals surface area contributed by atoms with Crippen LogP contribution in [0.3, 0.4) is 0 Å². The van der Waals surface area contributed by atoms with Gasteiger partial charge in [0.15, 0.2) is 0 Å². The molecule has 1 aromatic carbocycles. The Morgan fingerprint density at radius 2 is 2.17 bits per heavy atom. The van der Waals surface area contributed by atoms with E-state index in [9.17, 15) is 4.79 Å². The molecule has 2 aromatic rings. The molecule has 1 amide bonds. The van der Waals surface area contributed by atoms with Crippen LogP contribution in [-0.2, 0) is 9.53 Å². The number of nitrogens with one attached hydrogen (secondary N) is 2. The molecule has 24 heavy (non-hydrogen) atoms. The van der Waals surface area contributed by atoms with Crippen molar-refractivity contribution in [3.63, 3.8) is 0 Å². The van der Waals surface area contributed by atoms with Crippen molar-refractivity contribution >= 4 is 28.4 Å². The second-order valence-corrected chi connectivity index (χ2v) is 7.44. The SMILES string of the molecule is O=C(NC1CCC[C@H](c2c[nH]c3ccc(Cl)cc23)C1)[C@@H]1CCCO1. The number of amides is 1. The molecule has 0 spiro atoms. The zero-order valence-corrected chi connectivity index (χ0v) is 14.4. The van der Waals surface area contributed by atoms with Gasteiger partial charge in [-0.2, -0.15) is 0 Å². The van der Waals surface area contributed by atoms with E-state index in [4.69, 9.17) is 16.3 Å². The maximum Gasteiger partial charge on any atom is 0.249 e. The van der Waals surface area contributed by atoms with Crippen molar-refractivity contribution in [1.29, 1.82) is 0 Å². The summed E-state index contributed by atoms with van der Waals surface area (Å²) in [6.45, 7) is 0.710. The van der Waals surface area contributed by atoms with Gasteiger partial charge in [-0.1, -0.05) is 18.0 Å². The van der Waals surface area contributed by atoms with Gasteiger partial charge in [0.1, 0.15) is 6.10 Å². The predicted molar refractivity (Wildman–Crippen MR) is 95.4 cm³/mol. The van der Waals surface area contributed by atoms with Crippen LogP contribution >= 0.6 is 11.6 Å². The van der Waals surface area contributed by atoms with E-state index >= 15 is 0 Å². The van der Waals surface area contributed by atoms with Crippen molar-refractivity contribution in [3.05, 3.63) is 35.0 Å². The zero-order valence-electron chi connectivity index (χ0n) is 13.7. The first-order valence-electron chi connectivity index (χ1n) is 8.89. The van der Waals surface area contributed by atoms with E-state index in [-0.39, 0.29) is 18.1 Å². The lowest BCUT2D eigenvalue weighted by Crippen LogP contribution is -2.43. The lowest BCUT2D eigenvalue weighted by atomic mass is 9.81. The van der Waals surface area contributed by atoms with Crippen molar-refractivity contribution < 1.29 is 9.53 Å². The first-order valence-corrected chi connectivity index (χ1v) is 9.27. The monoisotopic (exact) mass is 346 g/mol. The summed E-state index contributed by atoms with van der Waals surface area (Å²) < 4.78 is 5.49. The van der Waals surface area contributed by atoms with Crippen molar-refractivity contribution in [2.45, 2.75) is 56.6 Å². The fourth-order valence-electron chi connectivity index (χ4n) is 4.13. The van der Waals surface area contributed by atoms with Gasteiger partial charge in [0, 0.05) is 34.8 Å². The molecule has 4 rings (SSSR count). The van der Waals surface area contributed by atoms with Crippen LogP contribution < -0.4 is 5.32 Å². The molecule has 4 nitrogen and oxygen atoms in total. The van der Waals surface area contributed by atoms with E-state index in [1.165, 1.54) is 10.9 Å². The van der Waals surface area contributed by atoms with E-state index in [0.717, 1.165) is 49.1 Å². The number of carbonyl (C=O) groups excluding carboxylic acids is 1. The number of aromatic nitrogens is 1. The fraction of sp³-hybridized carbons (Fsp3) is 0.526. The summed E-state index contributed by atoms with van der Waals surface area (Å²) in [6.07, 6.45) is 8.04. The molecular weight excluding hydrogens is 324 g/mol. The summed E-state index contributed by atoms with van der Waals surface area (Å²) in [6, 6.07) is 6.22. The van der Waals surface area contributed by atoms with Crippen LogP contribution in [0.1, 0.15) is 50.0 Å². The summed E-state index contributed by atoms with van der Waals surface area (Å²) in [5.74, 6) is 0.529. The number of hydrogen-bond donors (Lipinski definition) is 2. The molecule has 3 atom stereocenters. The lowest BCUT2D eigenvalue weighted by Gasteiger charge is -2.30. The Hall–Kier alpha value is -1.52. The largest absolute Gasteiger partial charge is 0.368 e. The topological polar surface area (TPSA) is 54.1 Å². The molecule has 2 N–H and O–H groups in total. The van der Waals surface area contributed by atoms with Crippen molar-refractivity contribution in [3.8, 4) is 0 Å². The molecule has 1 aliphatic heterocycles. The second kappa shape index (κ2) is 6.77. The van der Waals surface area contributed by atoms with E-state index in [0.29, 0.717) is 12.5 Å². The van der Waals surface area contributed by atoms with Crippen LogP contribution in [-0.4, -0.2) is 29.6 Å². The Morgan fingerprint density at radius 3 is 3.00 bits per heavy atom. The van der Waals surface area contributed by atoms with E-state index in [1.54, 1.807) is 0 Å². The fourth-order valence-corrected chi connectivity index (χ4v) is 4.31. The number of rotatable bonds is 3. The summed E-state index contributed by atoms with van der Waals surface area (Å²) in [7, 11) is 0. The summed E-state index contributed by atoms with van der Waals surface area (Å²) >= 11 is 6.17. The highest BCUT2D eigenvalue weighted by Crippen LogP contribution is 2.37. The van der Waals surface area contributed by atoms with Crippen molar-refractivity contribution in [2.24, 2.45) is 0 Å². The van der Waals surface area contributed by atoms with Gasteiger partial charge < -0.3 is 15.0 Å². The molecule has 1 aromatic heterocycles. The first-order chi connectivity index (χ1) is 11.7. The summed E-state index contributed by atoms with van der Waals surface area (Å²) in [4.78, 5) is 15.7. The van der Waals surface area contributed by atoms with Gasteiger partial charge in [-0.25, -0.2) is 0 Å². The predicted octanol–water partition coefficient (Wildman–Crippen LogP) is 4.14. The molecule has 1 saturated carbocycles. The molecule has 2 fully saturated rings. The minimum Gasteiger partial charge on any atom is -0.368 e. The van der Waals surface area contributed by atoms with Crippen LogP contribution in [0.5, 0.6) is 0 Å². The van der Waals surface area contributed by atoms with Crippen LogP contribution in [0.4, 0.5) is 0 Å². The maximum absolute atomic E-state index is 12.3. The van der Waals surface area contributed by atoms with Gasteiger partial charge >= 0.3 is 0 Å². The molecule has 2 heterocycles. The van der Waals surface area contributed by atoms with Crippen molar-refractivity contribution in [1.82, 2.24) is 10.3 Å². The highest BCUT2D eigenvalue weighted by Gasteiger charge is 2.29. The van der Waals surface area contributed by atoms with Crippen LogP contribution in [0, 0.1) is 0 Å². The third-order valence-electron chi connectivity index (χ3n) is 5.36. The molecule has 5 heteroatoms. The summed E-state index contributed by atoms with van der Waals surface area (Å²) in [5, 5.41) is 5.19. The summed E-state index contributed by atoms with van der Waals surface area (Å²) in [5.41, 5.74) is 2.45. The van der Waals surface area contributed by atoms with Crippen LogP contribution in [0.2, 0.25) is 5.02 Å². The van der Waals surface area contributed by atoms with E-state index < -0.39 is 0 Å². The number of halogens is 1. The Kier molecular flexibility index (Phi) is 4.51. The number of benzene rings is 1. The molecule has 1 saturated heterocycles. The molecule has 128 valence electrons. The van der Waals surface area contributed by atoms with Crippen LogP contribution in [0.15, 0.2) is 24.4 Å². The average Bonchev–Trinajstić information content (AvgIpc) is 3.24. The number of carbonyl (C=O) groups is 1. The smallest absolute Gasteiger partial charge is 0.249 e. The van der Waals surface area contributed by atoms with Crippen LogP contribution in [0.25, 0.3) is 10.9 Å². The van der Waals surface area contributed by atoms with Gasteiger partial charge in [0.2, 0.25) is 5.91 Å². The molecule has 0 bridgehead atoms. The Bertz CT molecular complexity index is 736. The standard InChI is InChI=1S/C19H23ClN2O2/c20-13-6-7-17-15(10-13)16(11-21-17)12-3-1-4-14(9-12)22-19(23)18-5-2-8-24-18/h6-7,10-12,14,18,21H,1-5,8-9H2,(H,22,23)/t12-,14?,18-/m0/s1. The minimum absolute atomic E-state index is 0.0696. The van der Waals surface area contributed by atoms with Gasteiger partial charge in [-0.05, 0) is 61.8 Å². The van der Waals surface area contributed by atoms with E-state index in [2.05, 4.69) is 16.5 Å². The number of H-pyrrole nitrogens is 1. The number of aromatic amines is 1. The highest BCUT2D eigenvalue weighted by molar-refractivity contribution is 6.31. The minimum atomic E-state index is -0.239. The quantitative estimate of drug-likeness (QED) is 0.877. The molecule has 1 unspecified atom stereocenters. The Labute approximate surface area is 146 Å².